The number of nitrogens with zero attached hydrogens (tertiary/aromatic N) is 2. The van der Waals surface area contributed by atoms with Crippen molar-refractivity contribution in [3.63, 3.8) is 0 Å². The molecule has 1 N–H and O–H groups in total. The largest absolute Gasteiger partial charge is 0.726 e. The molecule has 29 heavy (non-hydrogen) atoms. The molecule has 0 bridgehead atoms. The molecule has 0 amide bonds. The van der Waals surface area contributed by atoms with E-state index >= 15 is 0 Å². The molecule has 166 valence electrons. The molecule has 1 atom stereocenters. The maximum atomic E-state index is 11.7. The summed E-state index contributed by atoms with van der Waals surface area (Å²) < 4.78 is 32.1. The molecule has 1 saturated heterocycles. The van der Waals surface area contributed by atoms with Gasteiger partial charge in [-0.1, -0.05) is 49.6 Å². The van der Waals surface area contributed by atoms with E-state index in [2.05, 4.69) is 47.4 Å². The Morgan fingerprint density at radius 3 is 2.14 bits per heavy atom. The highest BCUT2D eigenvalue weighted by Gasteiger charge is 2.41. The number of quaternary nitrogens is 1. The molecule has 0 unspecified atom stereocenters. The number of aliphatic hydroxyl groups is 1. The van der Waals surface area contributed by atoms with Crippen LogP contribution in [0.4, 0.5) is 0 Å². The van der Waals surface area contributed by atoms with E-state index in [1.54, 1.807) is 0 Å². The van der Waals surface area contributed by atoms with Crippen LogP contribution in [0.3, 0.4) is 0 Å². The summed E-state index contributed by atoms with van der Waals surface area (Å²) in [7, 11) is 1.01. The Bertz CT molecular complexity index is 710. The van der Waals surface area contributed by atoms with E-state index in [-0.39, 0.29) is 0 Å². The first-order chi connectivity index (χ1) is 13.6. The van der Waals surface area contributed by atoms with Crippen molar-refractivity contribution in [2.75, 3.05) is 53.9 Å². The Morgan fingerprint density at radius 1 is 1.14 bits per heavy atom. The smallest absolute Gasteiger partial charge is 0.217 e. The third kappa shape index (κ3) is 7.62. The van der Waals surface area contributed by atoms with Crippen LogP contribution in [0.15, 0.2) is 30.3 Å². The van der Waals surface area contributed by atoms with Gasteiger partial charge in [-0.15, -0.1) is 0 Å². The highest BCUT2D eigenvalue weighted by molar-refractivity contribution is 7.80. The SMILES string of the molecule is COS(=O)(=O)[O-].C[N+]1(C)CCN(C[C@](O)(c2ccccc2)C2CCCCC2)CC1. The third-order valence-electron chi connectivity index (χ3n) is 6.27. The van der Waals surface area contributed by atoms with Gasteiger partial charge >= 0.3 is 0 Å². The minimum Gasteiger partial charge on any atom is -0.726 e. The van der Waals surface area contributed by atoms with E-state index < -0.39 is 16.0 Å². The number of likely N-dealkylation sites (N-methyl/N-ethyl adjacent to an activating group) is 1. The number of hydrogen-bond donors (Lipinski definition) is 1. The predicted molar refractivity (Wildman–Crippen MR) is 112 cm³/mol. The molecule has 0 aromatic heterocycles. The van der Waals surface area contributed by atoms with Crippen LogP contribution in [0, 0.1) is 5.92 Å². The first-order valence-electron chi connectivity index (χ1n) is 10.4. The monoisotopic (exact) mass is 428 g/mol. The number of rotatable bonds is 5. The zero-order valence-electron chi connectivity index (χ0n) is 17.9. The van der Waals surface area contributed by atoms with Crippen LogP contribution in [0.25, 0.3) is 0 Å². The predicted octanol–water partition coefficient (Wildman–Crippen LogP) is 1.94. The normalized spacial score (nSPS) is 22.9. The lowest BCUT2D eigenvalue weighted by molar-refractivity contribution is -0.894. The molecular weight excluding hydrogens is 392 g/mol. The van der Waals surface area contributed by atoms with Gasteiger partial charge in [-0.2, -0.15) is 0 Å². The summed E-state index contributed by atoms with van der Waals surface area (Å²) in [6, 6.07) is 10.4. The minimum absolute atomic E-state index is 0.406. The van der Waals surface area contributed by atoms with Gasteiger partial charge in [0.15, 0.2) is 0 Å². The first kappa shape index (κ1) is 24.2. The van der Waals surface area contributed by atoms with Crippen molar-refractivity contribution < 1.29 is 26.7 Å². The summed E-state index contributed by atoms with van der Waals surface area (Å²) in [4.78, 5) is 2.49. The summed E-state index contributed by atoms with van der Waals surface area (Å²) >= 11 is 0. The molecule has 2 aliphatic rings. The van der Waals surface area contributed by atoms with Crippen molar-refractivity contribution in [3.8, 4) is 0 Å². The standard InChI is InChI=1S/C20H33N2O.CH4O4S/c1-22(2)15-13-21(14-16-22)17-20(23,18-9-5-3-6-10-18)19-11-7-4-8-12-19;1-5-6(2,3)4/h3,5-6,9-10,19,23H,4,7-8,11-17H2,1-2H3;1H3,(H,2,3,4)/q+1;/p-1/t20-;/m0./s1. The molecule has 1 saturated carbocycles. The molecule has 0 radical (unpaired) electrons. The molecule has 2 fully saturated rings. The van der Waals surface area contributed by atoms with Crippen LogP contribution in [-0.2, 0) is 20.2 Å². The van der Waals surface area contributed by atoms with Crippen molar-refractivity contribution in [1.29, 1.82) is 0 Å². The van der Waals surface area contributed by atoms with Gasteiger partial charge < -0.3 is 14.1 Å². The van der Waals surface area contributed by atoms with E-state index in [4.69, 9.17) is 0 Å². The topological polar surface area (TPSA) is 89.9 Å². The second kappa shape index (κ2) is 10.3. The number of β-amino-alcohol motifs (C(OH)–C–C–N with tert-alkyl or cyclic N) is 1. The van der Waals surface area contributed by atoms with Crippen molar-refractivity contribution >= 4 is 10.4 Å². The summed E-state index contributed by atoms with van der Waals surface area (Å²) in [6.45, 7) is 5.33. The Kier molecular flexibility index (Phi) is 8.63. The van der Waals surface area contributed by atoms with Gasteiger partial charge in [-0.3, -0.25) is 9.08 Å². The number of hydrogen-bond acceptors (Lipinski definition) is 6. The molecular formula is C21H36N2O5S. The van der Waals surface area contributed by atoms with Crippen LogP contribution in [0.5, 0.6) is 0 Å². The zero-order chi connectivity index (χ0) is 21.5. The van der Waals surface area contributed by atoms with E-state index in [0.29, 0.717) is 5.92 Å². The number of piperazine rings is 1. The van der Waals surface area contributed by atoms with Gasteiger partial charge in [-0.25, -0.2) is 8.42 Å². The van der Waals surface area contributed by atoms with Crippen molar-refractivity contribution in [2.24, 2.45) is 5.92 Å². The van der Waals surface area contributed by atoms with Gasteiger partial charge in [-0.05, 0) is 24.3 Å². The van der Waals surface area contributed by atoms with Gasteiger partial charge in [0, 0.05) is 19.6 Å². The van der Waals surface area contributed by atoms with E-state index in [1.165, 1.54) is 45.2 Å². The zero-order valence-corrected chi connectivity index (χ0v) is 18.7. The molecule has 1 aliphatic carbocycles. The lowest BCUT2D eigenvalue weighted by Gasteiger charge is -2.45. The van der Waals surface area contributed by atoms with Crippen molar-refractivity contribution in [2.45, 2.75) is 37.7 Å². The van der Waals surface area contributed by atoms with E-state index in [1.807, 2.05) is 6.07 Å². The minimum atomic E-state index is -4.41. The molecule has 7 nitrogen and oxygen atoms in total. The van der Waals surface area contributed by atoms with Gasteiger partial charge in [0.1, 0.15) is 5.60 Å². The molecule has 8 heteroatoms. The summed E-state index contributed by atoms with van der Waals surface area (Å²) in [5, 5.41) is 11.7. The summed E-state index contributed by atoms with van der Waals surface area (Å²) in [5.41, 5.74) is 0.433. The maximum Gasteiger partial charge on any atom is 0.217 e. The van der Waals surface area contributed by atoms with Gasteiger partial charge in [0.05, 0.1) is 34.3 Å². The van der Waals surface area contributed by atoms with Crippen LogP contribution >= 0.6 is 0 Å². The maximum absolute atomic E-state index is 11.7. The van der Waals surface area contributed by atoms with Crippen LogP contribution < -0.4 is 0 Å². The Morgan fingerprint density at radius 2 is 1.66 bits per heavy atom. The highest BCUT2D eigenvalue weighted by Crippen LogP contribution is 2.40. The van der Waals surface area contributed by atoms with Gasteiger partial charge in [0.2, 0.25) is 10.4 Å². The third-order valence-corrected chi connectivity index (χ3v) is 6.67. The summed E-state index contributed by atoms with van der Waals surface area (Å²) in [5.74, 6) is 0.406. The van der Waals surface area contributed by atoms with Crippen molar-refractivity contribution in [3.05, 3.63) is 35.9 Å². The molecule has 3 rings (SSSR count). The Hall–Kier alpha value is -1.03. The fraction of sp³-hybridized carbons (Fsp3) is 0.714. The highest BCUT2D eigenvalue weighted by atomic mass is 32.3. The van der Waals surface area contributed by atoms with E-state index in [0.717, 1.165) is 36.8 Å². The molecule has 1 aliphatic heterocycles. The fourth-order valence-corrected chi connectivity index (χ4v) is 4.31. The molecule has 1 aromatic carbocycles. The average Bonchev–Trinajstić information content (AvgIpc) is 2.71. The second-order valence-electron chi connectivity index (χ2n) is 8.86. The Labute approximate surface area is 175 Å². The second-order valence-corrected chi connectivity index (χ2v) is 10.0. The van der Waals surface area contributed by atoms with Crippen LogP contribution in [0.1, 0.15) is 37.7 Å². The lowest BCUT2D eigenvalue weighted by Crippen LogP contribution is -2.58. The fourth-order valence-electron chi connectivity index (χ4n) is 4.31. The van der Waals surface area contributed by atoms with Crippen LogP contribution in [0.2, 0.25) is 0 Å². The lowest BCUT2D eigenvalue weighted by atomic mass is 9.73. The summed E-state index contributed by atoms with van der Waals surface area (Å²) in [6.07, 6.45) is 6.20. The van der Waals surface area contributed by atoms with Crippen LogP contribution in [-0.4, -0.2) is 81.4 Å². The molecule has 1 heterocycles. The molecule has 1 aromatic rings. The van der Waals surface area contributed by atoms with Gasteiger partial charge in [0.25, 0.3) is 0 Å². The molecule has 0 spiro atoms. The van der Waals surface area contributed by atoms with Crippen molar-refractivity contribution in [1.82, 2.24) is 4.90 Å². The number of benzene rings is 1. The Balaban J connectivity index is 0.000000438. The quantitative estimate of drug-likeness (QED) is 0.438. The average molecular weight is 429 g/mol. The first-order valence-corrected chi connectivity index (χ1v) is 11.7. The van der Waals surface area contributed by atoms with E-state index in [9.17, 15) is 18.1 Å².